The third kappa shape index (κ3) is 4.91. The van der Waals surface area contributed by atoms with Gasteiger partial charge >= 0.3 is 0 Å². The van der Waals surface area contributed by atoms with Gasteiger partial charge in [-0.3, -0.25) is 14.5 Å². The highest BCUT2D eigenvalue weighted by Crippen LogP contribution is 2.32. The van der Waals surface area contributed by atoms with Gasteiger partial charge in [-0.25, -0.2) is 9.37 Å². The molecule has 0 saturated heterocycles. The first-order chi connectivity index (χ1) is 14.7. The minimum atomic E-state index is -0.850. The van der Waals surface area contributed by atoms with Crippen LogP contribution in [0.1, 0.15) is 41.6 Å². The molecule has 166 valence electrons. The first-order valence-electron chi connectivity index (χ1n) is 10.0. The monoisotopic (exact) mass is 430 g/mol. The van der Waals surface area contributed by atoms with Gasteiger partial charge in [0.2, 0.25) is 12.4 Å². The number of carbonyl (C=O) groups is 2. The van der Waals surface area contributed by atoms with Crippen molar-refractivity contribution in [1.82, 2.24) is 9.97 Å². The smallest absolute Gasteiger partial charge is 0.251 e. The summed E-state index contributed by atoms with van der Waals surface area (Å²) >= 11 is 0. The molecule has 10 heteroatoms. The Morgan fingerprint density at radius 2 is 2.10 bits per heavy atom. The van der Waals surface area contributed by atoms with Gasteiger partial charge < -0.3 is 21.1 Å². The van der Waals surface area contributed by atoms with Gasteiger partial charge in [0.25, 0.3) is 5.91 Å². The van der Waals surface area contributed by atoms with Crippen molar-refractivity contribution in [2.24, 2.45) is 5.73 Å². The predicted molar refractivity (Wildman–Crippen MR) is 116 cm³/mol. The number of rotatable bonds is 7. The van der Waals surface area contributed by atoms with E-state index in [0.717, 1.165) is 18.9 Å². The summed E-state index contributed by atoms with van der Waals surface area (Å²) in [5, 5.41) is 13.0. The van der Waals surface area contributed by atoms with Gasteiger partial charge in [0.1, 0.15) is 5.82 Å². The molecule has 31 heavy (non-hydrogen) atoms. The van der Waals surface area contributed by atoms with Crippen LogP contribution >= 0.6 is 0 Å². The fraction of sp³-hybridized carbons (Fsp3) is 0.429. The minimum Gasteiger partial charge on any atom is -0.393 e. The zero-order valence-corrected chi connectivity index (χ0v) is 17.8. The van der Waals surface area contributed by atoms with E-state index in [2.05, 4.69) is 15.3 Å². The van der Waals surface area contributed by atoms with E-state index in [1.807, 2.05) is 14.1 Å². The summed E-state index contributed by atoms with van der Waals surface area (Å²) in [5.41, 5.74) is 6.58. The van der Waals surface area contributed by atoms with Crippen LogP contribution in [-0.4, -0.2) is 53.6 Å². The lowest BCUT2D eigenvalue weighted by Gasteiger charge is -2.34. The molecule has 0 bridgehead atoms. The van der Waals surface area contributed by atoms with Gasteiger partial charge in [0.05, 0.1) is 23.6 Å². The second kappa shape index (κ2) is 9.25. The number of halogens is 1. The third-order valence-electron chi connectivity index (χ3n) is 5.43. The lowest BCUT2D eigenvalue weighted by atomic mass is 9.92. The van der Waals surface area contributed by atoms with Gasteiger partial charge in [-0.1, -0.05) is 0 Å². The average molecular weight is 430 g/mol. The predicted octanol–water partition coefficient (Wildman–Crippen LogP) is 2.10. The lowest BCUT2D eigenvalue weighted by molar-refractivity contribution is -0.108. The quantitative estimate of drug-likeness (QED) is 0.575. The summed E-state index contributed by atoms with van der Waals surface area (Å²) in [6.45, 7) is 1.70. The topological polar surface area (TPSA) is 125 Å². The number of primary amides is 1. The van der Waals surface area contributed by atoms with Crippen molar-refractivity contribution in [2.45, 2.75) is 44.8 Å². The summed E-state index contributed by atoms with van der Waals surface area (Å²) in [5.74, 6) is -1.05. The molecule has 1 heterocycles. The van der Waals surface area contributed by atoms with Crippen LogP contribution in [0.15, 0.2) is 18.3 Å². The summed E-state index contributed by atoms with van der Waals surface area (Å²) in [6.07, 6.45) is 4.59. The number of hydrogen-bond acceptors (Lipinski definition) is 7. The zero-order valence-electron chi connectivity index (χ0n) is 17.8. The molecule has 9 nitrogen and oxygen atoms in total. The van der Waals surface area contributed by atoms with Gasteiger partial charge in [0.15, 0.2) is 5.82 Å². The lowest BCUT2D eigenvalue weighted by Crippen LogP contribution is -2.40. The van der Waals surface area contributed by atoms with E-state index in [-0.39, 0.29) is 17.6 Å². The Hall–Kier alpha value is -3.27. The highest BCUT2D eigenvalue weighted by Gasteiger charge is 2.29. The van der Waals surface area contributed by atoms with E-state index in [9.17, 15) is 19.1 Å². The molecule has 1 aliphatic rings. The maximum Gasteiger partial charge on any atom is 0.251 e. The fourth-order valence-corrected chi connectivity index (χ4v) is 3.76. The number of amides is 2. The number of benzene rings is 1. The largest absolute Gasteiger partial charge is 0.393 e. The number of anilines is 4. The van der Waals surface area contributed by atoms with E-state index in [4.69, 9.17) is 5.73 Å². The molecule has 1 aliphatic carbocycles. The molecule has 1 aromatic carbocycles. The number of aryl methyl sites for hydroxylation is 1. The summed E-state index contributed by atoms with van der Waals surface area (Å²) in [6, 6.07) is 2.33. The molecule has 2 unspecified atom stereocenters. The van der Waals surface area contributed by atoms with Crippen LogP contribution in [0, 0.1) is 12.7 Å². The molecule has 1 fully saturated rings. The molecular weight excluding hydrogens is 403 g/mol. The van der Waals surface area contributed by atoms with Gasteiger partial charge in [-0.05, 0) is 50.3 Å². The number of hydrogen-bond donors (Lipinski definition) is 3. The van der Waals surface area contributed by atoms with E-state index < -0.39 is 17.8 Å². The van der Waals surface area contributed by atoms with Crippen molar-refractivity contribution in [3.8, 4) is 0 Å². The summed E-state index contributed by atoms with van der Waals surface area (Å²) in [4.78, 5) is 35.5. The second-order valence-electron chi connectivity index (χ2n) is 7.92. The Morgan fingerprint density at radius 3 is 2.71 bits per heavy atom. The molecule has 0 spiro atoms. The average Bonchev–Trinajstić information content (AvgIpc) is 2.71. The van der Waals surface area contributed by atoms with Crippen molar-refractivity contribution >= 4 is 35.5 Å². The molecule has 2 atom stereocenters. The van der Waals surface area contributed by atoms with Gasteiger partial charge in [0, 0.05) is 25.8 Å². The second-order valence-corrected chi connectivity index (χ2v) is 7.92. The Bertz CT molecular complexity index is 984. The van der Waals surface area contributed by atoms with E-state index in [0.29, 0.717) is 42.0 Å². The number of nitrogens with two attached hydrogens (primary N) is 1. The Labute approximate surface area is 180 Å². The van der Waals surface area contributed by atoms with Gasteiger partial charge in [-0.15, -0.1) is 0 Å². The number of aliphatic hydroxyl groups is 1. The van der Waals surface area contributed by atoms with Crippen molar-refractivity contribution in [3.63, 3.8) is 0 Å². The van der Waals surface area contributed by atoms with Gasteiger partial charge in [-0.2, -0.15) is 4.98 Å². The Morgan fingerprint density at radius 1 is 1.35 bits per heavy atom. The molecule has 3 rings (SSSR count). The summed E-state index contributed by atoms with van der Waals surface area (Å²) in [7, 11) is 3.63. The van der Waals surface area contributed by atoms with Crippen LogP contribution in [0.5, 0.6) is 0 Å². The Kier molecular flexibility index (Phi) is 6.69. The summed E-state index contributed by atoms with van der Waals surface area (Å²) < 4.78 is 14.2. The number of nitrogens with zero attached hydrogens (tertiary/aromatic N) is 4. The highest BCUT2D eigenvalue weighted by molar-refractivity contribution is 5.94. The van der Waals surface area contributed by atoms with Crippen LogP contribution in [-0.2, 0) is 4.79 Å². The molecule has 0 aliphatic heterocycles. The molecule has 2 aromatic rings. The SMILES string of the molecule is Cc1cc(C(N)=O)c(F)cc1Nc1ncc(N(C)C)c(N(C=O)C2CCCC(O)C2)n1. The maximum atomic E-state index is 14.2. The van der Waals surface area contributed by atoms with Crippen LogP contribution in [0.25, 0.3) is 0 Å². The number of aromatic nitrogens is 2. The van der Waals surface area contributed by atoms with Crippen molar-refractivity contribution < 1.29 is 19.1 Å². The Balaban J connectivity index is 1.97. The molecule has 4 N–H and O–H groups in total. The zero-order chi connectivity index (χ0) is 22.7. The third-order valence-corrected chi connectivity index (χ3v) is 5.43. The number of aliphatic hydroxyl groups excluding tert-OH is 1. The van der Waals surface area contributed by atoms with Crippen LogP contribution in [0.2, 0.25) is 0 Å². The van der Waals surface area contributed by atoms with E-state index >= 15 is 0 Å². The van der Waals surface area contributed by atoms with E-state index in [1.54, 1.807) is 18.0 Å². The van der Waals surface area contributed by atoms with Crippen molar-refractivity contribution in [3.05, 3.63) is 35.3 Å². The molecule has 1 saturated carbocycles. The normalized spacial score (nSPS) is 18.4. The molecule has 1 aromatic heterocycles. The van der Waals surface area contributed by atoms with Crippen molar-refractivity contribution in [2.75, 3.05) is 29.2 Å². The minimum absolute atomic E-state index is 0.165. The molecule has 2 amide bonds. The molecular formula is C21H27FN6O3. The maximum absolute atomic E-state index is 14.2. The first kappa shape index (κ1) is 22.4. The molecule has 0 radical (unpaired) electrons. The van der Waals surface area contributed by atoms with Crippen LogP contribution < -0.4 is 20.9 Å². The fourth-order valence-electron chi connectivity index (χ4n) is 3.76. The number of nitrogens with one attached hydrogen (secondary N) is 1. The van der Waals surface area contributed by atoms with Crippen LogP contribution in [0.4, 0.5) is 27.5 Å². The van der Waals surface area contributed by atoms with Crippen LogP contribution in [0.3, 0.4) is 0 Å². The highest BCUT2D eigenvalue weighted by atomic mass is 19.1. The standard InChI is InChI=1S/C21H27FN6O3/c1-12-7-15(19(23)31)16(22)9-17(12)25-21-24-10-18(27(2)3)20(26-21)28(11-29)13-5-4-6-14(30)8-13/h7,9-11,13-14,30H,4-6,8H2,1-3H3,(H2,23,31)(H,24,25,26). The number of carbonyl (C=O) groups excluding carboxylic acids is 2. The van der Waals surface area contributed by atoms with E-state index in [1.165, 1.54) is 11.0 Å². The van der Waals surface area contributed by atoms with Crippen molar-refractivity contribution in [1.29, 1.82) is 0 Å². The first-order valence-corrected chi connectivity index (χ1v) is 10.0.